The molecule has 17 heavy (non-hydrogen) atoms. The smallest absolute Gasteiger partial charge is 0.255 e. The van der Waals surface area contributed by atoms with E-state index in [4.69, 9.17) is 0 Å². The molecule has 0 bridgehead atoms. The molecule has 0 atom stereocenters. The first kappa shape index (κ1) is 12.1. The highest BCUT2D eigenvalue weighted by molar-refractivity contribution is 9.10. The van der Waals surface area contributed by atoms with Crippen LogP contribution in [0.4, 0.5) is 0 Å². The molecule has 0 radical (unpaired) electrons. The van der Waals surface area contributed by atoms with E-state index < -0.39 is 0 Å². The van der Waals surface area contributed by atoms with E-state index in [1.54, 1.807) is 23.5 Å². The number of hydrogen-bond donors (Lipinski definition) is 2. The number of halogens is 1. The van der Waals surface area contributed by atoms with Crippen LogP contribution in [0.5, 0.6) is 5.75 Å². The first-order valence-corrected chi connectivity index (χ1v) is 6.68. The van der Waals surface area contributed by atoms with Crippen LogP contribution < -0.4 is 5.32 Å². The minimum Gasteiger partial charge on any atom is -0.507 e. The van der Waals surface area contributed by atoms with Gasteiger partial charge in [-0.1, -0.05) is 15.9 Å². The van der Waals surface area contributed by atoms with Gasteiger partial charge in [0.25, 0.3) is 5.91 Å². The summed E-state index contributed by atoms with van der Waals surface area (Å²) in [5.74, 6) is -0.302. The molecule has 3 nitrogen and oxygen atoms in total. The third kappa shape index (κ3) is 3.08. The number of hydrogen-bond acceptors (Lipinski definition) is 3. The number of benzene rings is 1. The monoisotopic (exact) mass is 311 g/mol. The SMILES string of the molecule is O=C(NCc1ccsc1)c1ccc(Br)cc1O. The Hall–Kier alpha value is -1.33. The maximum atomic E-state index is 11.8. The second kappa shape index (κ2) is 5.33. The number of phenols is 1. The fraction of sp³-hybridized carbons (Fsp3) is 0.0833. The van der Waals surface area contributed by atoms with Gasteiger partial charge in [-0.15, -0.1) is 0 Å². The van der Waals surface area contributed by atoms with Gasteiger partial charge in [0.05, 0.1) is 5.56 Å². The van der Waals surface area contributed by atoms with Crippen LogP contribution in [-0.2, 0) is 6.54 Å². The Labute approximate surface area is 111 Å². The number of carbonyl (C=O) groups is 1. The Bertz CT molecular complexity index is 525. The molecule has 0 saturated heterocycles. The van der Waals surface area contributed by atoms with E-state index >= 15 is 0 Å². The van der Waals surface area contributed by atoms with Gasteiger partial charge in [0, 0.05) is 11.0 Å². The molecule has 1 amide bonds. The van der Waals surface area contributed by atoms with Gasteiger partial charge in [-0.25, -0.2) is 0 Å². The summed E-state index contributed by atoms with van der Waals surface area (Å²) >= 11 is 4.81. The fourth-order valence-electron chi connectivity index (χ4n) is 1.37. The standard InChI is InChI=1S/C12H10BrNO2S/c13-9-1-2-10(11(15)5-9)12(16)14-6-8-3-4-17-7-8/h1-5,7,15H,6H2,(H,14,16). The molecule has 88 valence electrons. The number of rotatable bonds is 3. The van der Waals surface area contributed by atoms with E-state index in [9.17, 15) is 9.90 Å². The van der Waals surface area contributed by atoms with Gasteiger partial charge < -0.3 is 10.4 Å². The van der Waals surface area contributed by atoms with Gasteiger partial charge >= 0.3 is 0 Å². The number of aromatic hydroxyl groups is 1. The van der Waals surface area contributed by atoms with Crippen LogP contribution in [0.15, 0.2) is 39.5 Å². The van der Waals surface area contributed by atoms with Crippen molar-refractivity contribution in [3.8, 4) is 5.75 Å². The topological polar surface area (TPSA) is 49.3 Å². The van der Waals surface area contributed by atoms with Crippen LogP contribution in [0.2, 0.25) is 0 Å². The van der Waals surface area contributed by atoms with Crippen molar-refractivity contribution in [2.45, 2.75) is 6.54 Å². The molecule has 0 unspecified atom stereocenters. The Morgan fingerprint density at radius 3 is 2.88 bits per heavy atom. The zero-order valence-electron chi connectivity index (χ0n) is 8.81. The molecule has 1 heterocycles. The molecule has 0 spiro atoms. The summed E-state index contributed by atoms with van der Waals surface area (Å²) in [4.78, 5) is 11.8. The van der Waals surface area contributed by atoms with E-state index in [1.165, 1.54) is 6.07 Å². The van der Waals surface area contributed by atoms with Crippen molar-refractivity contribution in [2.24, 2.45) is 0 Å². The summed E-state index contributed by atoms with van der Waals surface area (Å²) in [6, 6.07) is 6.76. The summed E-state index contributed by atoms with van der Waals surface area (Å²) in [7, 11) is 0. The highest BCUT2D eigenvalue weighted by Gasteiger charge is 2.10. The quantitative estimate of drug-likeness (QED) is 0.915. The first-order chi connectivity index (χ1) is 8.16. The number of nitrogens with one attached hydrogen (secondary N) is 1. The lowest BCUT2D eigenvalue weighted by molar-refractivity contribution is 0.0948. The minimum absolute atomic E-state index is 0.0257. The average molecular weight is 312 g/mol. The van der Waals surface area contributed by atoms with Crippen LogP contribution in [0.3, 0.4) is 0 Å². The van der Waals surface area contributed by atoms with E-state index in [-0.39, 0.29) is 17.2 Å². The molecule has 0 aliphatic carbocycles. The molecule has 2 N–H and O–H groups in total. The van der Waals surface area contributed by atoms with Crippen molar-refractivity contribution < 1.29 is 9.90 Å². The number of amides is 1. The predicted molar refractivity (Wildman–Crippen MR) is 71.3 cm³/mol. The Morgan fingerprint density at radius 2 is 2.24 bits per heavy atom. The van der Waals surface area contributed by atoms with E-state index in [0.717, 1.165) is 10.0 Å². The molecular weight excluding hydrogens is 302 g/mol. The Balaban J connectivity index is 2.04. The molecule has 1 aromatic carbocycles. The minimum atomic E-state index is -0.277. The van der Waals surface area contributed by atoms with Crippen molar-refractivity contribution >= 4 is 33.2 Å². The van der Waals surface area contributed by atoms with Gasteiger partial charge in [0.15, 0.2) is 0 Å². The lowest BCUT2D eigenvalue weighted by atomic mass is 10.2. The van der Waals surface area contributed by atoms with Gasteiger partial charge in [0.1, 0.15) is 5.75 Å². The summed E-state index contributed by atoms with van der Waals surface area (Å²) < 4.78 is 0.740. The summed E-state index contributed by atoms with van der Waals surface area (Å²) in [6.45, 7) is 0.470. The molecule has 0 saturated carbocycles. The van der Waals surface area contributed by atoms with Crippen LogP contribution in [-0.4, -0.2) is 11.0 Å². The molecule has 1 aromatic heterocycles. The van der Waals surface area contributed by atoms with Crippen molar-refractivity contribution in [1.82, 2.24) is 5.32 Å². The summed E-state index contributed by atoms with van der Waals surface area (Å²) in [5, 5.41) is 16.3. The second-order valence-electron chi connectivity index (χ2n) is 3.48. The molecule has 0 aliphatic rings. The number of thiophene rings is 1. The van der Waals surface area contributed by atoms with Crippen LogP contribution in [0.1, 0.15) is 15.9 Å². The first-order valence-electron chi connectivity index (χ1n) is 4.94. The zero-order valence-corrected chi connectivity index (χ0v) is 11.2. The van der Waals surface area contributed by atoms with Crippen molar-refractivity contribution in [1.29, 1.82) is 0 Å². The maximum absolute atomic E-state index is 11.8. The molecular formula is C12H10BrNO2S. The molecule has 2 rings (SSSR count). The summed E-state index contributed by atoms with van der Waals surface area (Å²) in [5.41, 5.74) is 1.34. The second-order valence-corrected chi connectivity index (χ2v) is 5.17. The molecule has 0 fully saturated rings. The predicted octanol–water partition coefficient (Wildman–Crippen LogP) is 3.15. The van der Waals surface area contributed by atoms with Gasteiger partial charge in [0.2, 0.25) is 0 Å². The zero-order chi connectivity index (χ0) is 12.3. The molecule has 2 aromatic rings. The van der Waals surface area contributed by atoms with E-state index in [1.807, 2.05) is 16.8 Å². The van der Waals surface area contributed by atoms with Gasteiger partial charge in [-0.05, 0) is 40.6 Å². The highest BCUT2D eigenvalue weighted by atomic mass is 79.9. The normalized spacial score (nSPS) is 10.2. The Morgan fingerprint density at radius 1 is 1.41 bits per heavy atom. The average Bonchev–Trinajstić information content (AvgIpc) is 2.78. The maximum Gasteiger partial charge on any atom is 0.255 e. The lowest BCUT2D eigenvalue weighted by Crippen LogP contribution is -2.22. The van der Waals surface area contributed by atoms with E-state index in [2.05, 4.69) is 21.2 Å². The largest absolute Gasteiger partial charge is 0.507 e. The van der Waals surface area contributed by atoms with Crippen LogP contribution >= 0.6 is 27.3 Å². The molecule has 0 aliphatic heterocycles. The van der Waals surface area contributed by atoms with Crippen molar-refractivity contribution in [3.05, 3.63) is 50.6 Å². The van der Waals surface area contributed by atoms with Gasteiger partial charge in [-0.3, -0.25) is 4.79 Å². The van der Waals surface area contributed by atoms with E-state index in [0.29, 0.717) is 6.54 Å². The lowest BCUT2D eigenvalue weighted by Gasteiger charge is -2.06. The highest BCUT2D eigenvalue weighted by Crippen LogP contribution is 2.22. The third-order valence-electron chi connectivity index (χ3n) is 2.24. The fourth-order valence-corrected chi connectivity index (χ4v) is 2.39. The summed E-state index contributed by atoms with van der Waals surface area (Å²) in [6.07, 6.45) is 0. The Kier molecular flexibility index (Phi) is 3.81. The van der Waals surface area contributed by atoms with Gasteiger partial charge in [-0.2, -0.15) is 11.3 Å². The number of carbonyl (C=O) groups excluding carboxylic acids is 1. The van der Waals surface area contributed by atoms with Crippen molar-refractivity contribution in [3.63, 3.8) is 0 Å². The molecule has 5 heteroatoms. The van der Waals surface area contributed by atoms with Crippen LogP contribution in [0.25, 0.3) is 0 Å². The number of phenolic OH excluding ortho intramolecular Hbond substituents is 1. The van der Waals surface area contributed by atoms with Crippen LogP contribution in [0, 0.1) is 0 Å². The van der Waals surface area contributed by atoms with Crippen molar-refractivity contribution in [2.75, 3.05) is 0 Å². The third-order valence-corrected chi connectivity index (χ3v) is 3.46.